The molecule has 0 saturated carbocycles. The predicted octanol–water partition coefficient (Wildman–Crippen LogP) is 3.14. The Morgan fingerprint density at radius 3 is 2.32 bits per heavy atom. The van der Waals surface area contributed by atoms with Gasteiger partial charge in [0, 0.05) is 5.56 Å². The Bertz CT molecular complexity index is 751. The molecular weight excluding hydrogens is 362 g/mol. The van der Waals surface area contributed by atoms with E-state index in [0.717, 1.165) is 12.8 Å². The summed E-state index contributed by atoms with van der Waals surface area (Å²) in [5.74, 6) is -1.03. The molecule has 0 fully saturated rings. The number of benzene rings is 1. The van der Waals surface area contributed by atoms with Crippen LogP contribution in [0, 0.1) is 0 Å². The van der Waals surface area contributed by atoms with Crippen molar-refractivity contribution in [1.29, 1.82) is 0 Å². The van der Waals surface area contributed by atoms with E-state index in [0.29, 0.717) is 30.0 Å². The summed E-state index contributed by atoms with van der Waals surface area (Å²) in [4.78, 5) is 37.7. The van der Waals surface area contributed by atoms with E-state index in [9.17, 15) is 14.4 Å². The number of esters is 2. The van der Waals surface area contributed by atoms with Gasteiger partial charge in [-0.15, -0.1) is 0 Å². The summed E-state index contributed by atoms with van der Waals surface area (Å²) in [6.45, 7) is 7.84. The fourth-order valence-electron chi connectivity index (χ4n) is 2.66. The lowest BCUT2D eigenvalue weighted by molar-refractivity contribution is -0.149. The van der Waals surface area contributed by atoms with E-state index in [4.69, 9.17) is 14.2 Å². The lowest BCUT2D eigenvalue weighted by atomic mass is 10.0. The zero-order chi connectivity index (χ0) is 20.7. The summed E-state index contributed by atoms with van der Waals surface area (Å²) in [7, 11) is 0. The normalized spacial score (nSPS) is 13.5. The standard InChI is InChI=1S/C21H27NO6/c1-5-7-12-27-17(23)13-22-18(19(20(22)24)28-14(3)4)15-8-10-16(11-9-15)21(25)26-6-2/h8-11,14H,5-7,12-13H2,1-4H3. The average Bonchev–Trinajstić information content (AvgIpc) is 2.67. The molecule has 1 aliphatic heterocycles. The Balaban J connectivity index is 2.21. The predicted molar refractivity (Wildman–Crippen MR) is 103 cm³/mol. The largest absolute Gasteiger partial charge is 0.484 e. The molecular formula is C21H27NO6. The Labute approximate surface area is 165 Å². The minimum absolute atomic E-state index is 0.178. The highest BCUT2D eigenvalue weighted by molar-refractivity contribution is 6.13. The number of ether oxygens (including phenoxy) is 3. The highest BCUT2D eigenvalue weighted by atomic mass is 16.5. The van der Waals surface area contributed by atoms with Crippen LogP contribution in [0.25, 0.3) is 5.70 Å². The van der Waals surface area contributed by atoms with Crippen molar-refractivity contribution in [3.8, 4) is 0 Å². The summed E-state index contributed by atoms with van der Waals surface area (Å²) < 4.78 is 15.8. The van der Waals surface area contributed by atoms with Gasteiger partial charge in [-0.2, -0.15) is 0 Å². The lowest BCUT2D eigenvalue weighted by Crippen LogP contribution is -2.45. The second kappa shape index (κ2) is 9.92. The number of hydrogen-bond acceptors (Lipinski definition) is 6. The monoisotopic (exact) mass is 389 g/mol. The maximum absolute atomic E-state index is 12.5. The van der Waals surface area contributed by atoms with Crippen LogP contribution in [0.4, 0.5) is 0 Å². The van der Waals surface area contributed by atoms with Crippen molar-refractivity contribution in [3.63, 3.8) is 0 Å². The lowest BCUT2D eigenvalue weighted by Gasteiger charge is -2.36. The fraction of sp³-hybridized carbons (Fsp3) is 0.476. The summed E-state index contributed by atoms with van der Waals surface area (Å²) in [5.41, 5.74) is 1.60. The molecule has 1 amide bonds. The Morgan fingerprint density at radius 2 is 1.75 bits per heavy atom. The number of hydrogen-bond donors (Lipinski definition) is 0. The minimum atomic E-state index is -0.467. The molecule has 0 aliphatic carbocycles. The van der Waals surface area contributed by atoms with E-state index in [-0.39, 0.29) is 24.3 Å². The van der Waals surface area contributed by atoms with Crippen molar-refractivity contribution in [2.24, 2.45) is 0 Å². The average molecular weight is 389 g/mol. The molecule has 0 spiro atoms. The molecule has 0 aromatic heterocycles. The minimum Gasteiger partial charge on any atom is -0.484 e. The first-order chi connectivity index (χ1) is 13.4. The van der Waals surface area contributed by atoms with Crippen molar-refractivity contribution in [2.75, 3.05) is 19.8 Å². The van der Waals surface area contributed by atoms with E-state index < -0.39 is 11.9 Å². The molecule has 1 aromatic rings. The van der Waals surface area contributed by atoms with Gasteiger partial charge >= 0.3 is 11.9 Å². The number of nitrogens with zero attached hydrogens (tertiary/aromatic N) is 1. The molecule has 1 aromatic carbocycles. The first kappa shape index (κ1) is 21.5. The van der Waals surface area contributed by atoms with Crippen LogP contribution >= 0.6 is 0 Å². The van der Waals surface area contributed by atoms with Gasteiger partial charge in [0.15, 0.2) is 0 Å². The van der Waals surface area contributed by atoms with Crippen LogP contribution in [0.15, 0.2) is 30.0 Å². The number of amides is 1. The van der Waals surface area contributed by atoms with Crippen LogP contribution in [0.2, 0.25) is 0 Å². The molecule has 0 radical (unpaired) electrons. The van der Waals surface area contributed by atoms with Crippen molar-refractivity contribution in [3.05, 3.63) is 41.2 Å². The molecule has 0 bridgehead atoms. The Kier molecular flexibility index (Phi) is 7.61. The van der Waals surface area contributed by atoms with Crippen LogP contribution in [0.3, 0.4) is 0 Å². The number of carbonyl (C=O) groups is 3. The van der Waals surface area contributed by atoms with E-state index in [1.165, 1.54) is 4.90 Å². The third-order valence-corrected chi connectivity index (χ3v) is 4.00. The highest BCUT2D eigenvalue weighted by Crippen LogP contribution is 2.35. The van der Waals surface area contributed by atoms with Gasteiger partial charge in [0.05, 0.1) is 24.9 Å². The van der Waals surface area contributed by atoms with Gasteiger partial charge in [-0.05, 0) is 39.3 Å². The zero-order valence-corrected chi connectivity index (χ0v) is 16.8. The molecule has 152 valence electrons. The molecule has 7 nitrogen and oxygen atoms in total. The van der Waals surface area contributed by atoms with Gasteiger partial charge in [-0.25, -0.2) is 4.79 Å². The van der Waals surface area contributed by atoms with Crippen LogP contribution < -0.4 is 0 Å². The fourth-order valence-corrected chi connectivity index (χ4v) is 2.66. The van der Waals surface area contributed by atoms with Gasteiger partial charge in [-0.1, -0.05) is 25.5 Å². The van der Waals surface area contributed by atoms with Crippen molar-refractivity contribution in [2.45, 2.75) is 46.6 Å². The molecule has 28 heavy (non-hydrogen) atoms. The first-order valence-electron chi connectivity index (χ1n) is 9.55. The molecule has 7 heteroatoms. The van der Waals surface area contributed by atoms with E-state index >= 15 is 0 Å². The van der Waals surface area contributed by atoms with Gasteiger partial charge < -0.3 is 14.2 Å². The molecule has 1 aliphatic rings. The van der Waals surface area contributed by atoms with Crippen LogP contribution in [-0.2, 0) is 23.8 Å². The molecule has 0 saturated heterocycles. The highest BCUT2D eigenvalue weighted by Gasteiger charge is 2.41. The summed E-state index contributed by atoms with van der Waals surface area (Å²) in [5, 5.41) is 0. The molecule has 0 N–H and O–H groups in total. The van der Waals surface area contributed by atoms with Crippen LogP contribution in [0.1, 0.15) is 56.5 Å². The Hall–Kier alpha value is -2.83. The van der Waals surface area contributed by atoms with E-state index in [2.05, 4.69) is 0 Å². The summed E-state index contributed by atoms with van der Waals surface area (Å²) in [6.07, 6.45) is 1.51. The SMILES string of the molecule is CCCCOC(=O)CN1C(=O)C(OC(C)C)=C1c1ccc(C(=O)OCC)cc1. The van der Waals surface area contributed by atoms with Crippen molar-refractivity contribution >= 4 is 23.5 Å². The number of carbonyl (C=O) groups excluding carboxylic acids is 3. The Morgan fingerprint density at radius 1 is 1.07 bits per heavy atom. The van der Waals surface area contributed by atoms with Crippen LogP contribution in [0.5, 0.6) is 0 Å². The maximum atomic E-state index is 12.5. The van der Waals surface area contributed by atoms with Crippen LogP contribution in [-0.4, -0.2) is 48.6 Å². The number of rotatable bonds is 10. The first-order valence-corrected chi connectivity index (χ1v) is 9.55. The van der Waals surface area contributed by atoms with Gasteiger partial charge in [-0.3, -0.25) is 14.5 Å². The summed E-state index contributed by atoms with van der Waals surface area (Å²) in [6, 6.07) is 6.64. The van der Waals surface area contributed by atoms with E-state index in [1.54, 1.807) is 31.2 Å². The third kappa shape index (κ3) is 5.12. The quantitative estimate of drug-likeness (QED) is 0.452. The van der Waals surface area contributed by atoms with Crippen molar-refractivity contribution < 1.29 is 28.6 Å². The number of unbranched alkanes of at least 4 members (excludes halogenated alkanes) is 1. The van der Waals surface area contributed by atoms with Crippen molar-refractivity contribution in [1.82, 2.24) is 4.90 Å². The summed E-state index contributed by atoms with van der Waals surface area (Å²) >= 11 is 0. The molecule has 0 atom stereocenters. The van der Waals surface area contributed by atoms with E-state index in [1.807, 2.05) is 20.8 Å². The smallest absolute Gasteiger partial charge is 0.338 e. The van der Waals surface area contributed by atoms with Gasteiger partial charge in [0.25, 0.3) is 5.91 Å². The van der Waals surface area contributed by atoms with Gasteiger partial charge in [0.1, 0.15) is 12.2 Å². The molecule has 0 unspecified atom stereocenters. The second-order valence-electron chi connectivity index (χ2n) is 6.61. The molecule has 1 heterocycles. The second-order valence-corrected chi connectivity index (χ2v) is 6.61. The molecule has 2 rings (SSSR count). The van der Waals surface area contributed by atoms with Gasteiger partial charge in [0.2, 0.25) is 5.76 Å². The topological polar surface area (TPSA) is 82.1 Å². The maximum Gasteiger partial charge on any atom is 0.338 e. The third-order valence-electron chi connectivity index (χ3n) is 4.00. The zero-order valence-electron chi connectivity index (χ0n) is 16.8.